The number of ether oxygens (including phenoxy) is 1. The number of methoxy groups -OCH3 is 1. The predicted molar refractivity (Wildman–Crippen MR) is 124 cm³/mol. The summed E-state index contributed by atoms with van der Waals surface area (Å²) in [6, 6.07) is 9.42. The van der Waals surface area contributed by atoms with Crippen molar-refractivity contribution in [1.29, 1.82) is 0 Å². The first kappa shape index (κ1) is 20.9. The molecule has 0 aliphatic carbocycles. The number of aromatic nitrogens is 4. The first-order valence-corrected chi connectivity index (χ1v) is 11.1. The minimum atomic E-state index is -0.151. The highest BCUT2D eigenvalue weighted by Gasteiger charge is 2.20. The second-order valence-corrected chi connectivity index (χ2v) is 8.54. The Balaban J connectivity index is 1.47. The summed E-state index contributed by atoms with van der Waals surface area (Å²) in [6.45, 7) is 2.49. The number of aromatic amines is 2. The third-order valence-electron chi connectivity index (χ3n) is 6.04. The normalized spacial score (nSPS) is 14.8. The first-order chi connectivity index (χ1) is 15.6. The lowest BCUT2D eigenvalue weighted by atomic mass is 9.94. The standard InChI is InChI=1S/C24H24ClN5O2/c1-32-13-14-2-3-17(20(25)8-14)23(31)19-12-28-24-18(19)9-16(11-27-24)22-10-21(29-30-22)15-4-6-26-7-5-15/h2-3,8-12,15,26H,4-7,13H2,1H3,(H,27,28)(H,29,30). The number of nitrogens with one attached hydrogen (secondary N) is 3. The van der Waals surface area contributed by atoms with E-state index in [9.17, 15) is 4.79 Å². The fourth-order valence-corrected chi connectivity index (χ4v) is 4.59. The van der Waals surface area contributed by atoms with Gasteiger partial charge in [0.05, 0.1) is 17.3 Å². The van der Waals surface area contributed by atoms with Crippen molar-refractivity contribution in [1.82, 2.24) is 25.5 Å². The first-order valence-electron chi connectivity index (χ1n) is 10.7. The van der Waals surface area contributed by atoms with Gasteiger partial charge >= 0.3 is 0 Å². The molecule has 4 heterocycles. The van der Waals surface area contributed by atoms with Crippen molar-refractivity contribution in [2.45, 2.75) is 25.4 Å². The number of halogens is 1. The Morgan fingerprint density at radius 1 is 1.19 bits per heavy atom. The van der Waals surface area contributed by atoms with E-state index >= 15 is 0 Å². The van der Waals surface area contributed by atoms with Crippen molar-refractivity contribution in [2.24, 2.45) is 0 Å². The summed E-state index contributed by atoms with van der Waals surface area (Å²) in [6.07, 6.45) is 5.66. The van der Waals surface area contributed by atoms with E-state index in [1.54, 1.807) is 31.6 Å². The summed E-state index contributed by atoms with van der Waals surface area (Å²) in [5, 5.41) is 12.2. The molecule has 1 aromatic carbocycles. The molecule has 164 valence electrons. The lowest BCUT2D eigenvalue weighted by Crippen LogP contribution is -2.26. The summed E-state index contributed by atoms with van der Waals surface area (Å²) < 4.78 is 5.14. The van der Waals surface area contributed by atoms with Crippen molar-refractivity contribution in [3.05, 3.63) is 70.1 Å². The number of nitrogens with zero attached hydrogens (tertiary/aromatic N) is 2. The molecule has 0 bridgehead atoms. The van der Waals surface area contributed by atoms with Crippen molar-refractivity contribution in [2.75, 3.05) is 20.2 Å². The average molecular weight is 450 g/mol. The zero-order valence-electron chi connectivity index (χ0n) is 17.7. The molecule has 0 radical (unpaired) electrons. The molecule has 0 saturated carbocycles. The summed E-state index contributed by atoms with van der Waals surface area (Å²) >= 11 is 6.41. The molecule has 3 aromatic heterocycles. The van der Waals surface area contributed by atoms with Crippen LogP contribution in [0.25, 0.3) is 22.3 Å². The maximum absolute atomic E-state index is 13.3. The molecule has 8 heteroatoms. The van der Waals surface area contributed by atoms with Crippen LogP contribution in [-0.2, 0) is 11.3 Å². The van der Waals surface area contributed by atoms with E-state index in [1.807, 2.05) is 12.1 Å². The molecule has 5 rings (SSSR count). The highest BCUT2D eigenvalue weighted by molar-refractivity contribution is 6.35. The number of ketones is 1. The molecule has 3 N–H and O–H groups in total. The minimum Gasteiger partial charge on any atom is -0.380 e. The molecule has 1 fully saturated rings. The largest absolute Gasteiger partial charge is 0.380 e. The average Bonchev–Trinajstić information content (AvgIpc) is 3.47. The molecule has 1 saturated heterocycles. The van der Waals surface area contributed by atoms with Gasteiger partial charge in [0, 0.05) is 53.2 Å². The quantitative estimate of drug-likeness (QED) is 0.378. The van der Waals surface area contributed by atoms with Crippen LogP contribution >= 0.6 is 11.6 Å². The zero-order valence-corrected chi connectivity index (χ0v) is 18.5. The van der Waals surface area contributed by atoms with Crippen LogP contribution in [0.4, 0.5) is 0 Å². The highest BCUT2D eigenvalue weighted by Crippen LogP contribution is 2.30. The highest BCUT2D eigenvalue weighted by atomic mass is 35.5. The number of H-pyrrole nitrogens is 2. The molecule has 4 aromatic rings. The van der Waals surface area contributed by atoms with E-state index in [0.29, 0.717) is 34.3 Å². The van der Waals surface area contributed by atoms with E-state index in [4.69, 9.17) is 16.3 Å². The van der Waals surface area contributed by atoms with Crippen LogP contribution in [-0.4, -0.2) is 46.1 Å². The van der Waals surface area contributed by atoms with E-state index < -0.39 is 0 Å². The molecule has 1 aliphatic rings. The van der Waals surface area contributed by atoms with Crippen LogP contribution in [0.3, 0.4) is 0 Å². The number of rotatable bonds is 6. The van der Waals surface area contributed by atoms with Crippen molar-refractivity contribution in [3.63, 3.8) is 0 Å². The Morgan fingerprint density at radius 2 is 2.03 bits per heavy atom. The number of fused-ring (bicyclic) bond motifs is 1. The lowest BCUT2D eigenvalue weighted by molar-refractivity contribution is 0.104. The molecular formula is C24H24ClN5O2. The van der Waals surface area contributed by atoms with Crippen LogP contribution in [0, 0.1) is 0 Å². The molecule has 0 amide bonds. The van der Waals surface area contributed by atoms with Crippen LogP contribution in [0.2, 0.25) is 5.02 Å². The monoisotopic (exact) mass is 449 g/mol. The number of benzene rings is 1. The van der Waals surface area contributed by atoms with Crippen LogP contribution < -0.4 is 5.32 Å². The fraction of sp³-hybridized carbons (Fsp3) is 0.292. The zero-order chi connectivity index (χ0) is 22.1. The number of pyridine rings is 1. The third kappa shape index (κ3) is 3.95. The molecule has 0 spiro atoms. The molecule has 1 aliphatic heterocycles. The maximum atomic E-state index is 13.3. The molecule has 32 heavy (non-hydrogen) atoms. The second kappa shape index (κ2) is 8.86. The second-order valence-electron chi connectivity index (χ2n) is 8.13. The van der Waals surface area contributed by atoms with Gasteiger partial charge in [-0.2, -0.15) is 5.10 Å². The van der Waals surface area contributed by atoms with Gasteiger partial charge < -0.3 is 15.0 Å². The number of carbonyl (C=O) groups is 1. The lowest BCUT2D eigenvalue weighted by Gasteiger charge is -2.20. The molecule has 0 unspecified atom stereocenters. The smallest absolute Gasteiger partial charge is 0.196 e. The third-order valence-corrected chi connectivity index (χ3v) is 6.35. The van der Waals surface area contributed by atoms with Gasteiger partial charge in [0.1, 0.15) is 5.65 Å². The molecular weight excluding hydrogens is 426 g/mol. The Kier molecular flexibility index (Phi) is 5.78. The Morgan fingerprint density at radius 3 is 2.81 bits per heavy atom. The topological polar surface area (TPSA) is 95.7 Å². The van der Waals surface area contributed by atoms with Crippen molar-refractivity contribution in [3.8, 4) is 11.3 Å². The van der Waals surface area contributed by atoms with Gasteiger partial charge in [0.2, 0.25) is 0 Å². The van der Waals surface area contributed by atoms with Gasteiger partial charge in [-0.05, 0) is 55.8 Å². The Bertz CT molecular complexity index is 1270. The maximum Gasteiger partial charge on any atom is 0.196 e. The minimum absolute atomic E-state index is 0.151. The van der Waals surface area contributed by atoms with Gasteiger partial charge in [-0.3, -0.25) is 9.89 Å². The van der Waals surface area contributed by atoms with E-state index in [-0.39, 0.29) is 5.78 Å². The van der Waals surface area contributed by atoms with Gasteiger partial charge in [-0.25, -0.2) is 4.98 Å². The summed E-state index contributed by atoms with van der Waals surface area (Å²) in [5.41, 5.74) is 5.39. The number of carbonyl (C=O) groups excluding carboxylic acids is 1. The van der Waals surface area contributed by atoms with Crippen molar-refractivity contribution >= 4 is 28.4 Å². The Hall–Kier alpha value is -3.00. The Labute approximate surface area is 190 Å². The summed E-state index contributed by atoms with van der Waals surface area (Å²) in [4.78, 5) is 20.9. The van der Waals surface area contributed by atoms with Crippen LogP contribution in [0.5, 0.6) is 0 Å². The predicted octanol–water partition coefficient (Wildman–Crippen LogP) is 4.45. The number of piperidine rings is 1. The number of hydrogen-bond donors (Lipinski definition) is 3. The van der Waals surface area contributed by atoms with Gasteiger partial charge in [-0.15, -0.1) is 0 Å². The van der Waals surface area contributed by atoms with E-state index in [0.717, 1.165) is 53.8 Å². The molecule has 7 nitrogen and oxygen atoms in total. The van der Waals surface area contributed by atoms with Gasteiger partial charge in [-0.1, -0.05) is 17.7 Å². The SMILES string of the molecule is COCc1ccc(C(=O)c2c[nH]c3ncc(-c4cc(C5CCNCC5)[nH]n4)cc23)c(Cl)c1. The summed E-state index contributed by atoms with van der Waals surface area (Å²) in [5.74, 6) is 0.336. The van der Waals surface area contributed by atoms with E-state index in [2.05, 4.69) is 31.5 Å². The van der Waals surface area contributed by atoms with Gasteiger partial charge in [0.25, 0.3) is 0 Å². The van der Waals surface area contributed by atoms with Crippen LogP contribution in [0.1, 0.15) is 45.9 Å². The fourth-order valence-electron chi connectivity index (χ4n) is 4.30. The van der Waals surface area contributed by atoms with Gasteiger partial charge in [0.15, 0.2) is 5.78 Å². The number of hydrogen-bond acceptors (Lipinski definition) is 5. The summed E-state index contributed by atoms with van der Waals surface area (Å²) in [7, 11) is 1.62. The van der Waals surface area contributed by atoms with E-state index in [1.165, 1.54) is 0 Å². The van der Waals surface area contributed by atoms with Crippen LogP contribution in [0.15, 0.2) is 42.7 Å². The van der Waals surface area contributed by atoms with Crippen molar-refractivity contribution < 1.29 is 9.53 Å². The molecule has 0 atom stereocenters.